The van der Waals surface area contributed by atoms with E-state index in [0.29, 0.717) is 43.9 Å². The molecule has 3 heterocycles. The number of imidazole rings is 1. The molecule has 0 radical (unpaired) electrons. The second kappa shape index (κ2) is 6.49. The standard InChI is InChI=1S/C15H18F3N5O2/c1-22-13(24)5-3-10(21-22)14(25)19-6-9-2-4-12-20-11(15(16,17)18)8-23(12)7-9/h8-9H,2-7H2,1H3,(H,19,25). The number of carbonyl (C=O) groups excluding carboxylic acids is 2. The zero-order valence-electron chi connectivity index (χ0n) is 13.6. The molecule has 0 spiro atoms. The third-order valence-corrected chi connectivity index (χ3v) is 4.40. The molecule has 2 amide bonds. The summed E-state index contributed by atoms with van der Waals surface area (Å²) in [6.07, 6.45) is -1.80. The van der Waals surface area contributed by atoms with E-state index >= 15 is 0 Å². The Morgan fingerprint density at radius 1 is 1.36 bits per heavy atom. The minimum absolute atomic E-state index is 0.0234. The third-order valence-electron chi connectivity index (χ3n) is 4.40. The van der Waals surface area contributed by atoms with Crippen molar-refractivity contribution in [2.24, 2.45) is 11.0 Å². The van der Waals surface area contributed by atoms with Crippen LogP contribution in [0.3, 0.4) is 0 Å². The van der Waals surface area contributed by atoms with Gasteiger partial charge in [0.1, 0.15) is 11.5 Å². The van der Waals surface area contributed by atoms with Gasteiger partial charge >= 0.3 is 6.18 Å². The van der Waals surface area contributed by atoms with Crippen LogP contribution in [-0.4, -0.2) is 45.7 Å². The van der Waals surface area contributed by atoms with E-state index in [-0.39, 0.29) is 24.2 Å². The summed E-state index contributed by atoms with van der Waals surface area (Å²) in [6.45, 7) is 0.720. The highest BCUT2D eigenvalue weighted by molar-refractivity contribution is 6.39. The van der Waals surface area contributed by atoms with Crippen LogP contribution in [0.1, 0.15) is 30.8 Å². The minimum atomic E-state index is -4.45. The van der Waals surface area contributed by atoms with Crippen molar-refractivity contribution < 1.29 is 22.8 Å². The lowest BCUT2D eigenvalue weighted by atomic mass is 9.99. The van der Waals surface area contributed by atoms with Crippen molar-refractivity contribution in [1.29, 1.82) is 0 Å². The van der Waals surface area contributed by atoms with Gasteiger partial charge in [-0.1, -0.05) is 0 Å². The van der Waals surface area contributed by atoms with E-state index in [2.05, 4.69) is 15.4 Å². The predicted octanol–water partition coefficient (Wildman–Crippen LogP) is 1.19. The number of fused-ring (bicyclic) bond motifs is 1. The molecule has 0 saturated carbocycles. The molecular formula is C15H18F3N5O2. The highest BCUT2D eigenvalue weighted by atomic mass is 19.4. The van der Waals surface area contributed by atoms with Gasteiger partial charge in [-0.25, -0.2) is 9.99 Å². The number of rotatable bonds is 3. The molecule has 0 fully saturated rings. The largest absolute Gasteiger partial charge is 0.434 e. The molecule has 2 aliphatic rings. The highest BCUT2D eigenvalue weighted by Crippen LogP contribution is 2.30. The Kier molecular flexibility index (Phi) is 4.53. The van der Waals surface area contributed by atoms with Crippen LogP contribution in [0.4, 0.5) is 13.2 Å². The summed E-state index contributed by atoms with van der Waals surface area (Å²) in [6, 6.07) is 0. The molecule has 1 atom stereocenters. The molecule has 7 nitrogen and oxygen atoms in total. The van der Waals surface area contributed by atoms with Crippen LogP contribution < -0.4 is 5.32 Å². The van der Waals surface area contributed by atoms with E-state index in [1.807, 2.05) is 0 Å². The molecule has 0 bridgehead atoms. The first-order valence-corrected chi connectivity index (χ1v) is 7.99. The Bertz CT molecular complexity index is 725. The van der Waals surface area contributed by atoms with Crippen LogP contribution in [0.2, 0.25) is 0 Å². The Morgan fingerprint density at radius 2 is 2.12 bits per heavy atom. The molecule has 3 rings (SSSR count). The van der Waals surface area contributed by atoms with Crippen molar-refractivity contribution in [3.05, 3.63) is 17.7 Å². The summed E-state index contributed by atoms with van der Waals surface area (Å²) < 4.78 is 39.7. The Hall–Kier alpha value is -2.39. The lowest BCUT2D eigenvalue weighted by molar-refractivity contribution is -0.141. The molecule has 0 aliphatic carbocycles. The van der Waals surface area contributed by atoms with Crippen molar-refractivity contribution >= 4 is 17.5 Å². The van der Waals surface area contributed by atoms with Crippen molar-refractivity contribution in [2.45, 2.75) is 38.4 Å². The number of hydrazone groups is 1. The number of aromatic nitrogens is 2. The Labute approximate surface area is 141 Å². The fraction of sp³-hybridized carbons (Fsp3) is 0.600. The molecular weight excluding hydrogens is 339 g/mol. The number of amides is 2. The van der Waals surface area contributed by atoms with Gasteiger partial charge in [-0.15, -0.1) is 0 Å². The summed E-state index contributed by atoms with van der Waals surface area (Å²) in [4.78, 5) is 27.1. The molecule has 1 aromatic heterocycles. The minimum Gasteiger partial charge on any atom is -0.351 e. The van der Waals surface area contributed by atoms with Gasteiger partial charge < -0.3 is 9.88 Å². The summed E-state index contributed by atoms with van der Waals surface area (Å²) >= 11 is 0. The quantitative estimate of drug-likeness (QED) is 0.883. The fourth-order valence-corrected chi connectivity index (χ4v) is 2.99. The van der Waals surface area contributed by atoms with E-state index in [0.717, 1.165) is 11.2 Å². The number of carbonyl (C=O) groups is 2. The molecule has 136 valence electrons. The number of nitrogens with one attached hydrogen (secondary N) is 1. The molecule has 10 heteroatoms. The number of halogens is 3. The fourth-order valence-electron chi connectivity index (χ4n) is 2.99. The lowest BCUT2D eigenvalue weighted by Gasteiger charge is -2.24. The zero-order valence-corrected chi connectivity index (χ0v) is 13.6. The number of aryl methyl sites for hydroxylation is 1. The van der Waals surface area contributed by atoms with E-state index in [4.69, 9.17) is 0 Å². The second-order valence-corrected chi connectivity index (χ2v) is 6.27. The second-order valence-electron chi connectivity index (χ2n) is 6.27. The van der Waals surface area contributed by atoms with Crippen molar-refractivity contribution in [2.75, 3.05) is 13.6 Å². The van der Waals surface area contributed by atoms with Gasteiger partial charge in [-0.2, -0.15) is 18.3 Å². The van der Waals surface area contributed by atoms with E-state index < -0.39 is 11.9 Å². The average Bonchev–Trinajstić information content (AvgIpc) is 2.98. The van der Waals surface area contributed by atoms with E-state index in [1.54, 1.807) is 0 Å². The summed E-state index contributed by atoms with van der Waals surface area (Å²) in [7, 11) is 1.49. The van der Waals surface area contributed by atoms with Crippen LogP contribution in [-0.2, 0) is 28.7 Å². The van der Waals surface area contributed by atoms with Crippen molar-refractivity contribution in [1.82, 2.24) is 19.9 Å². The third kappa shape index (κ3) is 3.83. The summed E-state index contributed by atoms with van der Waals surface area (Å²) in [5.41, 5.74) is -0.586. The number of alkyl halides is 3. The molecule has 0 saturated heterocycles. The molecule has 25 heavy (non-hydrogen) atoms. The van der Waals surface area contributed by atoms with E-state index in [9.17, 15) is 22.8 Å². The number of hydrogen-bond donors (Lipinski definition) is 1. The van der Waals surface area contributed by atoms with Crippen LogP contribution in [0.5, 0.6) is 0 Å². The van der Waals surface area contributed by atoms with Crippen LogP contribution in [0.25, 0.3) is 0 Å². The van der Waals surface area contributed by atoms with Gasteiger partial charge in [0.15, 0.2) is 5.69 Å². The monoisotopic (exact) mass is 357 g/mol. The van der Waals surface area contributed by atoms with Gasteiger partial charge in [0.2, 0.25) is 5.91 Å². The van der Waals surface area contributed by atoms with Gasteiger partial charge in [0.05, 0.1) is 0 Å². The van der Waals surface area contributed by atoms with Gasteiger partial charge in [0, 0.05) is 45.6 Å². The normalized spacial score (nSPS) is 21.0. The topological polar surface area (TPSA) is 79.6 Å². The van der Waals surface area contributed by atoms with Crippen molar-refractivity contribution in [3.8, 4) is 0 Å². The number of hydrogen-bond acceptors (Lipinski definition) is 4. The predicted molar refractivity (Wildman–Crippen MR) is 81.5 cm³/mol. The van der Waals surface area contributed by atoms with Gasteiger partial charge in [-0.05, 0) is 12.3 Å². The maximum atomic E-state index is 12.7. The Morgan fingerprint density at radius 3 is 2.80 bits per heavy atom. The molecule has 1 aromatic rings. The van der Waals surface area contributed by atoms with E-state index in [1.165, 1.54) is 11.6 Å². The van der Waals surface area contributed by atoms with Gasteiger partial charge in [-0.3, -0.25) is 9.59 Å². The summed E-state index contributed by atoms with van der Waals surface area (Å²) in [5.74, 6) is -0.0364. The number of nitrogens with zero attached hydrogens (tertiary/aromatic N) is 4. The van der Waals surface area contributed by atoms with Gasteiger partial charge in [0.25, 0.3) is 5.91 Å². The molecule has 1 unspecified atom stereocenters. The zero-order chi connectivity index (χ0) is 18.2. The molecule has 2 aliphatic heterocycles. The smallest absolute Gasteiger partial charge is 0.351 e. The lowest BCUT2D eigenvalue weighted by Crippen LogP contribution is -2.40. The van der Waals surface area contributed by atoms with Crippen LogP contribution in [0, 0.1) is 5.92 Å². The van der Waals surface area contributed by atoms with Crippen LogP contribution in [0.15, 0.2) is 11.3 Å². The first kappa shape index (κ1) is 17.4. The maximum absolute atomic E-state index is 12.7. The van der Waals surface area contributed by atoms with Crippen LogP contribution >= 0.6 is 0 Å². The first-order valence-electron chi connectivity index (χ1n) is 7.99. The molecule has 0 aromatic carbocycles. The maximum Gasteiger partial charge on any atom is 0.434 e. The molecule has 1 N–H and O–H groups in total. The van der Waals surface area contributed by atoms with Crippen molar-refractivity contribution in [3.63, 3.8) is 0 Å². The Balaban J connectivity index is 1.57. The first-order chi connectivity index (χ1) is 11.7. The average molecular weight is 357 g/mol. The summed E-state index contributed by atoms with van der Waals surface area (Å²) in [5, 5.41) is 7.85. The SMILES string of the molecule is CN1N=C(C(=O)NCC2CCc3nc(C(F)(F)F)cn3C2)CCC1=O. The highest BCUT2D eigenvalue weighted by Gasteiger charge is 2.35.